The zero-order valence-corrected chi connectivity index (χ0v) is 12.6. The second-order valence-electron chi connectivity index (χ2n) is 5.09. The van der Waals surface area contributed by atoms with Crippen LogP contribution in [-0.4, -0.2) is 43.4 Å². The summed E-state index contributed by atoms with van der Waals surface area (Å²) < 4.78 is 5.24. The molecule has 9 heteroatoms. The molecule has 0 unspecified atom stereocenters. The molecule has 3 heterocycles. The normalized spacial score (nSPS) is 17.5. The molecule has 23 heavy (non-hydrogen) atoms. The number of aromatic nitrogens is 4. The van der Waals surface area contributed by atoms with Gasteiger partial charge in [-0.2, -0.15) is 4.98 Å². The molecule has 0 aromatic carbocycles. The first-order valence-electron chi connectivity index (χ1n) is 7.34. The van der Waals surface area contributed by atoms with Gasteiger partial charge in [0.2, 0.25) is 11.8 Å². The molecule has 1 N–H and O–H groups in total. The number of carbonyl (C=O) groups excluding carboxylic acids is 2. The van der Waals surface area contributed by atoms with Crippen LogP contribution in [0.25, 0.3) is 0 Å². The second kappa shape index (κ2) is 6.51. The Morgan fingerprint density at radius 3 is 2.96 bits per heavy atom. The molecule has 0 spiro atoms. The Kier molecular flexibility index (Phi) is 4.26. The zero-order chi connectivity index (χ0) is 16.2. The van der Waals surface area contributed by atoms with E-state index in [0.717, 1.165) is 0 Å². The molecule has 0 aliphatic carbocycles. The molecule has 9 nitrogen and oxygen atoms in total. The van der Waals surface area contributed by atoms with Crippen LogP contribution in [0.4, 0.5) is 0 Å². The monoisotopic (exact) mass is 316 g/mol. The minimum absolute atomic E-state index is 0.0923. The largest absolute Gasteiger partial charge is 0.345 e. The maximum absolute atomic E-state index is 11.9. The number of rotatable bonds is 5. The summed E-state index contributed by atoms with van der Waals surface area (Å²) in [5.74, 6) is 0.545. The summed E-state index contributed by atoms with van der Waals surface area (Å²) in [5, 5.41) is 6.52. The minimum Gasteiger partial charge on any atom is -0.345 e. The van der Waals surface area contributed by atoms with Gasteiger partial charge < -0.3 is 14.7 Å². The molecule has 0 saturated carbocycles. The smallest absolute Gasteiger partial charge is 0.254 e. The number of hydrogen-bond acceptors (Lipinski definition) is 7. The number of carbonyl (C=O) groups is 2. The Bertz CT molecular complexity index is 702. The van der Waals surface area contributed by atoms with E-state index in [1.165, 1.54) is 18.7 Å². The van der Waals surface area contributed by atoms with E-state index in [0.29, 0.717) is 36.7 Å². The highest BCUT2D eigenvalue weighted by Gasteiger charge is 2.34. The lowest BCUT2D eigenvalue weighted by molar-refractivity contribution is -0.129. The molecule has 2 amide bonds. The van der Waals surface area contributed by atoms with Gasteiger partial charge in [0.1, 0.15) is 12.4 Å². The Balaban J connectivity index is 1.62. The van der Waals surface area contributed by atoms with Gasteiger partial charge in [0.05, 0.1) is 12.1 Å². The van der Waals surface area contributed by atoms with Crippen LogP contribution >= 0.6 is 0 Å². The van der Waals surface area contributed by atoms with Crippen LogP contribution < -0.4 is 5.32 Å². The second-order valence-corrected chi connectivity index (χ2v) is 5.09. The topological polar surface area (TPSA) is 114 Å². The predicted octanol–water partition coefficient (Wildman–Crippen LogP) is 0.473. The summed E-state index contributed by atoms with van der Waals surface area (Å²) >= 11 is 0. The number of likely N-dealkylation sites (tertiary alicyclic amines) is 1. The van der Waals surface area contributed by atoms with Gasteiger partial charge in [0, 0.05) is 25.4 Å². The van der Waals surface area contributed by atoms with Crippen molar-refractivity contribution >= 4 is 11.8 Å². The van der Waals surface area contributed by atoms with Crippen LogP contribution in [-0.2, 0) is 11.3 Å². The van der Waals surface area contributed by atoms with Crippen molar-refractivity contribution in [2.75, 3.05) is 6.54 Å². The molecule has 2 aromatic heterocycles. The zero-order valence-electron chi connectivity index (χ0n) is 12.6. The van der Waals surface area contributed by atoms with Crippen LogP contribution in [0.1, 0.15) is 47.9 Å². The first-order chi connectivity index (χ1) is 11.2. The van der Waals surface area contributed by atoms with Crippen molar-refractivity contribution in [3.8, 4) is 0 Å². The fraction of sp³-hybridized carbons (Fsp3) is 0.429. The Morgan fingerprint density at radius 2 is 2.22 bits per heavy atom. The highest BCUT2D eigenvalue weighted by molar-refractivity contribution is 5.93. The highest BCUT2D eigenvalue weighted by Crippen LogP contribution is 2.31. The van der Waals surface area contributed by atoms with E-state index in [1.54, 1.807) is 4.90 Å². The van der Waals surface area contributed by atoms with Crippen molar-refractivity contribution in [3.63, 3.8) is 0 Å². The molecule has 1 aliphatic heterocycles. The number of nitrogens with zero attached hydrogens (tertiary/aromatic N) is 5. The lowest BCUT2D eigenvalue weighted by Crippen LogP contribution is -2.27. The molecular weight excluding hydrogens is 300 g/mol. The van der Waals surface area contributed by atoms with Gasteiger partial charge in [-0.25, -0.2) is 9.97 Å². The molecule has 1 aliphatic rings. The van der Waals surface area contributed by atoms with Gasteiger partial charge >= 0.3 is 0 Å². The van der Waals surface area contributed by atoms with Crippen molar-refractivity contribution in [2.24, 2.45) is 0 Å². The van der Waals surface area contributed by atoms with Crippen LogP contribution in [0.5, 0.6) is 0 Å². The van der Waals surface area contributed by atoms with E-state index in [2.05, 4.69) is 25.4 Å². The molecule has 3 rings (SSSR count). The fourth-order valence-corrected chi connectivity index (χ4v) is 2.54. The number of nitrogens with one attached hydrogen (secondary N) is 1. The van der Waals surface area contributed by atoms with Gasteiger partial charge in [-0.05, 0) is 13.3 Å². The van der Waals surface area contributed by atoms with Crippen LogP contribution in [0.3, 0.4) is 0 Å². The summed E-state index contributed by atoms with van der Waals surface area (Å²) in [6.45, 7) is 2.64. The van der Waals surface area contributed by atoms with E-state index < -0.39 is 0 Å². The molecular formula is C14H16N6O3. The molecule has 1 saturated heterocycles. The SMILES string of the molecule is CCN1C(=O)CC[C@H]1c1nc(CNC(=O)c2cncnc2)no1. The lowest BCUT2D eigenvalue weighted by atomic mass is 10.2. The first kappa shape index (κ1) is 15.1. The van der Waals surface area contributed by atoms with Crippen molar-refractivity contribution in [2.45, 2.75) is 32.4 Å². The van der Waals surface area contributed by atoms with Gasteiger partial charge in [0.15, 0.2) is 5.82 Å². The van der Waals surface area contributed by atoms with E-state index in [9.17, 15) is 9.59 Å². The molecule has 0 bridgehead atoms. The quantitative estimate of drug-likeness (QED) is 0.852. The van der Waals surface area contributed by atoms with Gasteiger partial charge in [-0.1, -0.05) is 5.16 Å². The minimum atomic E-state index is -0.317. The van der Waals surface area contributed by atoms with Crippen molar-refractivity contribution in [1.29, 1.82) is 0 Å². The average Bonchev–Trinajstić information content (AvgIpc) is 3.19. The maximum atomic E-state index is 11.9. The van der Waals surface area contributed by atoms with Gasteiger partial charge in [-0.3, -0.25) is 9.59 Å². The van der Waals surface area contributed by atoms with Crippen LogP contribution in [0, 0.1) is 0 Å². The Hall–Kier alpha value is -2.84. The standard InChI is InChI=1S/C14H16N6O3/c1-2-20-10(3-4-12(20)21)14-18-11(19-23-14)7-17-13(22)9-5-15-8-16-6-9/h5-6,8,10H,2-4,7H2,1H3,(H,17,22)/t10-/m0/s1. The van der Waals surface area contributed by atoms with E-state index in [1.807, 2.05) is 6.92 Å². The van der Waals surface area contributed by atoms with Crippen LogP contribution in [0.2, 0.25) is 0 Å². The molecule has 0 radical (unpaired) electrons. The Morgan fingerprint density at radius 1 is 1.43 bits per heavy atom. The molecule has 120 valence electrons. The number of amides is 2. The van der Waals surface area contributed by atoms with E-state index >= 15 is 0 Å². The molecule has 1 fully saturated rings. The lowest BCUT2D eigenvalue weighted by Gasteiger charge is -2.19. The third kappa shape index (κ3) is 3.17. The summed E-state index contributed by atoms with van der Waals surface area (Å²) in [5.41, 5.74) is 0.356. The molecule has 1 atom stereocenters. The first-order valence-corrected chi connectivity index (χ1v) is 7.34. The third-order valence-corrected chi connectivity index (χ3v) is 3.67. The predicted molar refractivity (Wildman–Crippen MR) is 76.9 cm³/mol. The third-order valence-electron chi connectivity index (χ3n) is 3.67. The summed E-state index contributed by atoms with van der Waals surface area (Å²) in [4.78, 5) is 37.2. The van der Waals surface area contributed by atoms with E-state index in [-0.39, 0.29) is 24.4 Å². The summed E-state index contributed by atoms with van der Waals surface area (Å²) in [6.07, 6.45) is 5.36. The average molecular weight is 316 g/mol. The van der Waals surface area contributed by atoms with Gasteiger partial charge in [-0.15, -0.1) is 0 Å². The summed E-state index contributed by atoms with van der Waals surface area (Å²) in [6, 6.07) is -0.174. The highest BCUT2D eigenvalue weighted by atomic mass is 16.5. The van der Waals surface area contributed by atoms with E-state index in [4.69, 9.17) is 4.52 Å². The van der Waals surface area contributed by atoms with Crippen LogP contribution in [0.15, 0.2) is 23.2 Å². The van der Waals surface area contributed by atoms with Gasteiger partial charge in [0.25, 0.3) is 5.91 Å². The Labute approximate surface area is 132 Å². The van der Waals surface area contributed by atoms with Crippen molar-refractivity contribution in [1.82, 2.24) is 30.3 Å². The van der Waals surface area contributed by atoms with Crippen molar-refractivity contribution < 1.29 is 14.1 Å². The molecule has 2 aromatic rings. The fourth-order valence-electron chi connectivity index (χ4n) is 2.54. The number of hydrogen-bond donors (Lipinski definition) is 1. The summed E-state index contributed by atoms with van der Waals surface area (Å²) in [7, 11) is 0. The maximum Gasteiger partial charge on any atom is 0.254 e. The van der Waals surface area contributed by atoms with Crippen molar-refractivity contribution in [3.05, 3.63) is 36.0 Å².